The van der Waals surface area contributed by atoms with E-state index in [2.05, 4.69) is 15.0 Å². The summed E-state index contributed by atoms with van der Waals surface area (Å²) in [6, 6.07) is 9.09. The molecule has 3 N–H and O–H groups in total. The SMILES string of the molecule is CC(C)(C)OC(=O)[C@H](C(=O)OCc1ccccc1)C(N)n1cnc2c(N3CCC(C(=O)O)CC3)ncnc21. The number of rotatable bonds is 8. The van der Waals surface area contributed by atoms with E-state index < -0.39 is 41.5 Å². The maximum atomic E-state index is 13.2. The van der Waals surface area contributed by atoms with Crippen molar-refractivity contribution in [1.29, 1.82) is 0 Å². The average Bonchev–Trinajstić information content (AvgIpc) is 3.31. The zero-order valence-electron chi connectivity index (χ0n) is 21.6. The van der Waals surface area contributed by atoms with Gasteiger partial charge in [0.25, 0.3) is 0 Å². The third-order valence-electron chi connectivity index (χ3n) is 6.28. The Morgan fingerprint density at radius 3 is 2.39 bits per heavy atom. The van der Waals surface area contributed by atoms with Crippen molar-refractivity contribution in [2.75, 3.05) is 18.0 Å². The molecular weight excluding hydrogens is 492 g/mol. The van der Waals surface area contributed by atoms with Gasteiger partial charge in [0.05, 0.1) is 12.2 Å². The minimum absolute atomic E-state index is 0.0328. The fourth-order valence-corrected chi connectivity index (χ4v) is 4.35. The number of nitrogens with two attached hydrogens (primary N) is 1. The number of carbonyl (C=O) groups excluding carboxylic acids is 2. The summed E-state index contributed by atoms with van der Waals surface area (Å²) in [6.07, 6.45) is 2.49. The molecular formula is C26H32N6O6. The first-order valence-corrected chi connectivity index (χ1v) is 12.4. The van der Waals surface area contributed by atoms with E-state index in [0.717, 1.165) is 5.56 Å². The standard InChI is InChI=1S/C26H32N6O6/c1-26(2,3)38-25(36)18(24(35)37-13-16-7-5-4-6-8-16)20(27)32-15-30-19-21(28-14-29-22(19)32)31-11-9-17(10-12-31)23(33)34/h4-8,14-15,17-18,20H,9-13,27H2,1-3H3,(H,33,34)/t18-,20?/m0/s1. The van der Waals surface area contributed by atoms with Crippen LogP contribution in [0.5, 0.6) is 0 Å². The Hall–Kier alpha value is -4.06. The monoisotopic (exact) mass is 524 g/mol. The number of hydrogen-bond acceptors (Lipinski definition) is 10. The first-order valence-electron chi connectivity index (χ1n) is 12.4. The average molecular weight is 525 g/mol. The molecule has 0 spiro atoms. The third-order valence-corrected chi connectivity index (χ3v) is 6.28. The van der Waals surface area contributed by atoms with Crippen molar-refractivity contribution in [3.8, 4) is 0 Å². The summed E-state index contributed by atoms with van der Waals surface area (Å²) in [5.74, 6) is -3.81. The van der Waals surface area contributed by atoms with Crippen LogP contribution in [0, 0.1) is 11.8 Å². The second kappa shape index (κ2) is 11.1. The predicted molar refractivity (Wildman–Crippen MR) is 137 cm³/mol. The lowest BCUT2D eigenvalue weighted by atomic mass is 9.97. The van der Waals surface area contributed by atoms with Crippen LogP contribution < -0.4 is 10.6 Å². The minimum Gasteiger partial charge on any atom is -0.481 e. The van der Waals surface area contributed by atoms with Crippen molar-refractivity contribution < 1.29 is 29.0 Å². The largest absolute Gasteiger partial charge is 0.481 e. The van der Waals surface area contributed by atoms with Gasteiger partial charge < -0.3 is 25.2 Å². The molecule has 3 heterocycles. The fraction of sp³-hybridized carbons (Fsp3) is 0.462. The van der Waals surface area contributed by atoms with Crippen molar-refractivity contribution in [3.63, 3.8) is 0 Å². The smallest absolute Gasteiger partial charge is 0.324 e. The van der Waals surface area contributed by atoms with E-state index >= 15 is 0 Å². The summed E-state index contributed by atoms with van der Waals surface area (Å²) >= 11 is 0. The highest BCUT2D eigenvalue weighted by atomic mass is 16.6. The number of carboxylic acid groups (broad SMARTS) is 1. The maximum Gasteiger partial charge on any atom is 0.324 e. The van der Waals surface area contributed by atoms with E-state index in [1.54, 1.807) is 32.9 Å². The molecule has 0 aliphatic carbocycles. The predicted octanol–water partition coefficient (Wildman–Crippen LogP) is 2.29. The Labute approximate surface area is 219 Å². The maximum absolute atomic E-state index is 13.2. The van der Waals surface area contributed by atoms with Gasteiger partial charge in [-0.1, -0.05) is 30.3 Å². The molecule has 0 radical (unpaired) electrons. The molecule has 1 aliphatic rings. The second-order valence-electron chi connectivity index (χ2n) is 10.2. The summed E-state index contributed by atoms with van der Waals surface area (Å²) in [5, 5.41) is 9.30. The first kappa shape index (κ1) is 27.0. The number of benzene rings is 1. The van der Waals surface area contributed by atoms with Gasteiger partial charge in [0.2, 0.25) is 0 Å². The van der Waals surface area contributed by atoms with Gasteiger partial charge in [0.15, 0.2) is 22.9 Å². The molecule has 0 amide bonds. The molecule has 202 valence electrons. The Bertz CT molecular complexity index is 1300. The molecule has 3 aromatic rings. The lowest BCUT2D eigenvalue weighted by Gasteiger charge is -2.31. The number of hydrogen-bond donors (Lipinski definition) is 2. The summed E-state index contributed by atoms with van der Waals surface area (Å²) in [4.78, 5) is 52.7. The van der Waals surface area contributed by atoms with Crippen molar-refractivity contribution in [3.05, 3.63) is 48.5 Å². The van der Waals surface area contributed by atoms with Crippen LogP contribution in [0.25, 0.3) is 11.2 Å². The van der Waals surface area contributed by atoms with E-state index in [0.29, 0.717) is 42.9 Å². The number of carbonyl (C=O) groups is 3. The molecule has 2 atom stereocenters. The number of nitrogens with zero attached hydrogens (tertiary/aromatic N) is 5. The Morgan fingerprint density at radius 1 is 1.08 bits per heavy atom. The Kier molecular flexibility index (Phi) is 7.91. The summed E-state index contributed by atoms with van der Waals surface area (Å²) in [7, 11) is 0. The van der Waals surface area contributed by atoms with E-state index in [4.69, 9.17) is 15.2 Å². The number of anilines is 1. The van der Waals surface area contributed by atoms with Crippen LogP contribution in [0.3, 0.4) is 0 Å². The minimum atomic E-state index is -1.49. The number of piperidine rings is 1. The summed E-state index contributed by atoms with van der Waals surface area (Å²) in [6.45, 7) is 6.05. The van der Waals surface area contributed by atoms with Crippen LogP contribution in [-0.4, -0.2) is 61.2 Å². The molecule has 1 aromatic carbocycles. The van der Waals surface area contributed by atoms with Gasteiger partial charge in [0, 0.05) is 13.1 Å². The molecule has 1 fully saturated rings. The van der Waals surface area contributed by atoms with E-state index in [1.807, 2.05) is 23.1 Å². The van der Waals surface area contributed by atoms with E-state index in [1.165, 1.54) is 17.2 Å². The number of fused-ring (bicyclic) bond motifs is 1. The molecule has 38 heavy (non-hydrogen) atoms. The molecule has 12 nitrogen and oxygen atoms in total. The molecule has 2 aromatic heterocycles. The number of ether oxygens (including phenoxy) is 2. The molecule has 12 heteroatoms. The van der Waals surface area contributed by atoms with E-state index in [9.17, 15) is 19.5 Å². The van der Waals surface area contributed by atoms with Gasteiger partial charge in [0.1, 0.15) is 24.7 Å². The van der Waals surface area contributed by atoms with E-state index in [-0.39, 0.29) is 6.61 Å². The number of imidazole rings is 1. The van der Waals surface area contributed by atoms with Gasteiger partial charge in [-0.15, -0.1) is 0 Å². The van der Waals surface area contributed by atoms with Gasteiger partial charge >= 0.3 is 17.9 Å². The van der Waals surface area contributed by atoms with Crippen LogP contribution in [0.1, 0.15) is 45.3 Å². The van der Waals surface area contributed by atoms with Crippen LogP contribution in [0.4, 0.5) is 5.82 Å². The van der Waals surface area contributed by atoms with Crippen molar-refractivity contribution in [1.82, 2.24) is 19.5 Å². The van der Waals surface area contributed by atoms with Gasteiger partial charge in [-0.3, -0.25) is 19.0 Å². The molecule has 4 rings (SSSR count). The van der Waals surface area contributed by atoms with Crippen LogP contribution in [0.2, 0.25) is 0 Å². The number of esters is 2. The van der Waals surface area contributed by atoms with Crippen molar-refractivity contribution in [2.45, 2.75) is 52.0 Å². The zero-order chi connectivity index (χ0) is 27.4. The third kappa shape index (κ3) is 6.08. The van der Waals surface area contributed by atoms with Crippen LogP contribution in [-0.2, 0) is 30.5 Å². The van der Waals surface area contributed by atoms with Gasteiger partial charge in [-0.2, -0.15) is 0 Å². The lowest BCUT2D eigenvalue weighted by molar-refractivity contribution is -0.172. The highest BCUT2D eigenvalue weighted by molar-refractivity contribution is 5.96. The van der Waals surface area contributed by atoms with Crippen LogP contribution >= 0.6 is 0 Å². The molecule has 1 saturated heterocycles. The second-order valence-corrected chi connectivity index (χ2v) is 10.2. The lowest BCUT2D eigenvalue weighted by Crippen LogP contribution is -2.42. The Balaban J connectivity index is 1.61. The normalized spacial score (nSPS) is 16.2. The number of aromatic nitrogens is 4. The fourth-order valence-electron chi connectivity index (χ4n) is 4.35. The first-order chi connectivity index (χ1) is 18.0. The van der Waals surface area contributed by atoms with Crippen LogP contribution in [0.15, 0.2) is 43.0 Å². The van der Waals surface area contributed by atoms with Crippen molar-refractivity contribution in [2.24, 2.45) is 17.6 Å². The van der Waals surface area contributed by atoms with Gasteiger partial charge in [-0.05, 0) is 39.2 Å². The molecule has 0 saturated carbocycles. The van der Waals surface area contributed by atoms with Crippen molar-refractivity contribution >= 4 is 34.9 Å². The summed E-state index contributed by atoms with van der Waals surface area (Å²) < 4.78 is 12.4. The summed E-state index contributed by atoms with van der Waals surface area (Å²) in [5.41, 5.74) is 7.16. The molecule has 1 unspecified atom stereocenters. The molecule has 1 aliphatic heterocycles. The molecule has 0 bridgehead atoms. The Morgan fingerprint density at radius 2 is 1.76 bits per heavy atom. The zero-order valence-corrected chi connectivity index (χ0v) is 21.6. The van der Waals surface area contributed by atoms with Gasteiger partial charge in [-0.25, -0.2) is 15.0 Å². The number of aliphatic carboxylic acids is 1. The highest BCUT2D eigenvalue weighted by Crippen LogP contribution is 2.29. The topological polar surface area (TPSA) is 163 Å². The quantitative estimate of drug-likeness (QED) is 0.328. The highest BCUT2D eigenvalue weighted by Gasteiger charge is 2.40. The number of carboxylic acids is 1.